The fourth-order valence-corrected chi connectivity index (χ4v) is 9.47. The summed E-state index contributed by atoms with van der Waals surface area (Å²) in [4.78, 5) is 37.3. The Bertz CT molecular complexity index is 2560. The third-order valence-electron chi connectivity index (χ3n) is 12.8. The van der Waals surface area contributed by atoms with Crippen molar-refractivity contribution in [3.8, 4) is 11.1 Å². The number of amides is 2. The van der Waals surface area contributed by atoms with E-state index < -0.39 is 0 Å². The van der Waals surface area contributed by atoms with Crippen molar-refractivity contribution >= 4 is 28.5 Å². The number of nitrogens with zero attached hydrogens (tertiary/aromatic N) is 5. The van der Waals surface area contributed by atoms with Crippen LogP contribution in [0, 0.1) is 5.82 Å². The Labute approximate surface area is 362 Å². The van der Waals surface area contributed by atoms with E-state index in [9.17, 15) is 9.59 Å². The molecule has 3 aliphatic heterocycles. The van der Waals surface area contributed by atoms with E-state index in [4.69, 9.17) is 9.72 Å². The van der Waals surface area contributed by atoms with E-state index in [1.807, 2.05) is 36.0 Å². The summed E-state index contributed by atoms with van der Waals surface area (Å²) >= 11 is 0. The summed E-state index contributed by atoms with van der Waals surface area (Å²) in [7, 11) is 0. The fourth-order valence-electron chi connectivity index (χ4n) is 9.47. The number of nitrogens with one attached hydrogen (secondary N) is 3. The lowest BCUT2D eigenvalue weighted by molar-refractivity contribution is 0.0904. The molecule has 12 heteroatoms. The second kappa shape index (κ2) is 18.6. The first-order chi connectivity index (χ1) is 30.3. The number of pyridine rings is 1. The maximum atomic E-state index is 15.4. The Balaban J connectivity index is 0.829. The molecule has 2 bridgehead atoms. The largest absolute Gasteiger partial charge is 0.381 e. The van der Waals surface area contributed by atoms with Crippen molar-refractivity contribution in [3.05, 3.63) is 148 Å². The van der Waals surface area contributed by atoms with Gasteiger partial charge in [0, 0.05) is 105 Å². The van der Waals surface area contributed by atoms with Crippen LogP contribution in [0.4, 0.5) is 10.1 Å². The number of ether oxygens (including phenoxy) is 1. The van der Waals surface area contributed by atoms with Crippen molar-refractivity contribution in [2.45, 2.75) is 90.4 Å². The van der Waals surface area contributed by atoms with E-state index in [1.54, 1.807) is 30.3 Å². The van der Waals surface area contributed by atoms with E-state index in [1.165, 1.54) is 18.1 Å². The van der Waals surface area contributed by atoms with Crippen LogP contribution in [-0.4, -0.2) is 80.8 Å². The molecular formula is C50H55FN8O3. The number of piperazine rings is 1. The Kier molecular flexibility index (Phi) is 12.4. The highest BCUT2D eigenvalue weighted by atomic mass is 19.1. The summed E-state index contributed by atoms with van der Waals surface area (Å²) in [5.74, 6) is -0.929. The number of hydrogen-bond donors (Lipinski definition) is 3. The van der Waals surface area contributed by atoms with Crippen molar-refractivity contribution in [1.29, 1.82) is 0 Å². The number of likely N-dealkylation sites (tertiary alicyclic amines) is 2. The van der Waals surface area contributed by atoms with Gasteiger partial charge in [0.15, 0.2) is 5.65 Å². The monoisotopic (exact) mass is 834 g/mol. The standard InChI is InChI=1S/C50H55FN8O3/c1-3-46-43(47(55-39-18-20-62-21-19-39)44-28-54-59(4-2)48(44)56-46)27-53-50(61)38-15-9-14-37(24-38)49(60)52-26-34-16-17-45(51)42(23-34)36-13-8-12-35(22-36)30-58-32-40-25-41(58)31-57(40)29-33-10-6-5-7-11-33/h5-17,22-24,28,39-41H,3-4,18-21,25-27,29-32H2,1-2H3,(H,52,60)(H,53,61)(H,55,56)/t40-,41+/m0/s1. The maximum Gasteiger partial charge on any atom is 0.251 e. The molecule has 2 amide bonds. The number of halogens is 1. The molecule has 2 aromatic heterocycles. The molecule has 3 N–H and O–H groups in total. The van der Waals surface area contributed by atoms with Gasteiger partial charge in [-0.2, -0.15) is 5.10 Å². The summed E-state index contributed by atoms with van der Waals surface area (Å²) in [6.45, 7) is 10.6. The molecule has 0 unspecified atom stereocenters. The highest BCUT2D eigenvalue weighted by molar-refractivity contribution is 6.00. The molecule has 3 aliphatic rings. The first-order valence-corrected chi connectivity index (χ1v) is 22.1. The van der Waals surface area contributed by atoms with Gasteiger partial charge >= 0.3 is 0 Å². The zero-order chi connectivity index (χ0) is 42.6. The van der Waals surface area contributed by atoms with Crippen molar-refractivity contribution < 1.29 is 18.7 Å². The third-order valence-corrected chi connectivity index (χ3v) is 12.8. The highest BCUT2D eigenvalue weighted by Gasteiger charge is 2.42. The number of carbonyl (C=O) groups is 2. The molecule has 6 aromatic rings. The topological polar surface area (TPSA) is 117 Å². The first kappa shape index (κ1) is 41.4. The molecule has 3 fully saturated rings. The second-order valence-electron chi connectivity index (χ2n) is 16.8. The quantitative estimate of drug-likeness (QED) is 0.0964. The van der Waals surface area contributed by atoms with Gasteiger partial charge in [0.1, 0.15) is 5.82 Å². The molecule has 0 spiro atoms. The summed E-state index contributed by atoms with van der Waals surface area (Å²) in [5, 5.41) is 15.4. The minimum Gasteiger partial charge on any atom is -0.381 e. The van der Waals surface area contributed by atoms with E-state index >= 15 is 4.39 Å². The van der Waals surface area contributed by atoms with Crippen molar-refractivity contribution in [1.82, 2.24) is 35.2 Å². The highest BCUT2D eigenvalue weighted by Crippen LogP contribution is 2.35. The van der Waals surface area contributed by atoms with Gasteiger partial charge in [-0.3, -0.25) is 19.4 Å². The lowest BCUT2D eigenvalue weighted by Gasteiger charge is -2.34. The number of anilines is 1. The number of rotatable bonds is 15. The smallest absolute Gasteiger partial charge is 0.251 e. The predicted molar refractivity (Wildman–Crippen MR) is 240 cm³/mol. The van der Waals surface area contributed by atoms with Gasteiger partial charge in [0.05, 0.1) is 17.3 Å². The number of benzene rings is 4. The molecule has 0 saturated carbocycles. The van der Waals surface area contributed by atoms with Crippen LogP contribution in [0.5, 0.6) is 0 Å². The average Bonchev–Trinajstić information content (AvgIpc) is 4.03. The molecule has 11 nitrogen and oxygen atoms in total. The molecule has 2 atom stereocenters. The lowest BCUT2D eigenvalue weighted by Crippen LogP contribution is -2.45. The molecule has 4 aromatic carbocycles. The van der Waals surface area contributed by atoms with Gasteiger partial charge in [-0.15, -0.1) is 0 Å². The van der Waals surface area contributed by atoms with Crippen LogP contribution in [0.3, 0.4) is 0 Å². The number of aromatic nitrogens is 3. The summed E-state index contributed by atoms with van der Waals surface area (Å²) in [6.07, 6.45) is 5.50. The molecule has 3 saturated heterocycles. The average molecular weight is 835 g/mol. The molecule has 62 heavy (non-hydrogen) atoms. The van der Waals surface area contributed by atoms with Crippen LogP contribution >= 0.6 is 0 Å². The van der Waals surface area contributed by atoms with Crippen LogP contribution in [0.2, 0.25) is 0 Å². The number of aryl methyl sites for hydroxylation is 2. The normalized spacial score (nSPS) is 18.0. The summed E-state index contributed by atoms with van der Waals surface area (Å²) in [5.41, 5.74) is 8.93. The number of carbonyl (C=O) groups excluding carboxylic acids is 2. The Morgan fingerprint density at radius 3 is 2.18 bits per heavy atom. The fraction of sp³-hybridized carbons (Fsp3) is 0.360. The number of fused-ring (bicyclic) bond motifs is 3. The Morgan fingerprint density at radius 1 is 0.774 bits per heavy atom. The zero-order valence-electron chi connectivity index (χ0n) is 35.6. The Morgan fingerprint density at radius 2 is 1.47 bits per heavy atom. The SMILES string of the molecule is CCc1nc2c(cnn2CC)c(NC2CCOCC2)c1CNC(=O)c1cccc(C(=O)NCc2ccc(F)c(-c3cccc(CN4C[C@@H]5C[C@@H]4CN5Cc4ccccc4)c3)c2)c1. The van der Waals surface area contributed by atoms with Gasteiger partial charge in [-0.05, 0) is 91.3 Å². The molecule has 320 valence electrons. The minimum absolute atomic E-state index is 0.200. The van der Waals surface area contributed by atoms with E-state index in [0.29, 0.717) is 55.0 Å². The van der Waals surface area contributed by atoms with Crippen LogP contribution in [0.25, 0.3) is 22.2 Å². The zero-order valence-corrected chi connectivity index (χ0v) is 35.6. The van der Waals surface area contributed by atoms with Crippen LogP contribution in [0.1, 0.15) is 81.8 Å². The van der Waals surface area contributed by atoms with E-state index in [2.05, 4.69) is 80.2 Å². The van der Waals surface area contributed by atoms with Crippen molar-refractivity contribution in [3.63, 3.8) is 0 Å². The molecule has 0 radical (unpaired) electrons. The maximum absolute atomic E-state index is 15.4. The van der Waals surface area contributed by atoms with Gasteiger partial charge in [0.2, 0.25) is 0 Å². The molecular weight excluding hydrogens is 780 g/mol. The summed E-state index contributed by atoms with van der Waals surface area (Å²) in [6, 6.07) is 31.8. The van der Waals surface area contributed by atoms with Gasteiger partial charge in [-0.1, -0.05) is 67.6 Å². The van der Waals surface area contributed by atoms with Gasteiger partial charge < -0.3 is 20.7 Å². The predicted octanol–water partition coefficient (Wildman–Crippen LogP) is 7.73. The molecule has 5 heterocycles. The Hall–Kier alpha value is -5.95. The summed E-state index contributed by atoms with van der Waals surface area (Å²) < 4.78 is 22.9. The van der Waals surface area contributed by atoms with Crippen molar-refractivity contribution in [2.24, 2.45) is 0 Å². The van der Waals surface area contributed by atoms with Crippen LogP contribution < -0.4 is 16.0 Å². The second-order valence-corrected chi connectivity index (χ2v) is 16.8. The lowest BCUT2D eigenvalue weighted by atomic mass is 10.00. The third kappa shape index (κ3) is 8.99. The molecule has 9 rings (SSSR count). The minimum atomic E-state index is -0.325. The number of hydrogen-bond acceptors (Lipinski definition) is 8. The van der Waals surface area contributed by atoms with Crippen LogP contribution in [0.15, 0.2) is 103 Å². The van der Waals surface area contributed by atoms with Crippen LogP contribution in [-0.2, 0) is 43.9 Å². The van der Waals surface area contributed by atoms with Gasteiger partial charge in [-0.25, -0.2) is 14.1 Å². The van der Waals surface area contributed by atoms with E-state index in [0.717, 1.165) is 83.7 Å². The molecule has 0 aliphatic carbocycles. The van der Waals surface area contributed by atoms with Gasteiger partial charge in [0.25, 0.3) is 11.8 Å². The van der Waals surface area contributed by atoms with Crippen molar-refractivity contribution in [2.75, 3.05) is 31.6 Å². The van der Waals surface area contributed by atoms with E-state index in [-0.39, 0.29) is 36.8 Å². The first-order valence-electron chi connectivity index (χ1n) is 22.1.